The van der Waals surface area contributed by atoms with Crippen LogP contribution in [0.3, 0.4) is 0 Å². The summed E-state index contributed by atoms with van der Waals surface area (Å²) >= 11 is 7.06. The zero-order valence-electron chi connectivity index (χ0n) is 18.1. The lowest BCUT2D eigenvalue weighted by atomic mass is 10.0. The van der Waals surface area contributed by atoms with Crippen molar-refractivity contribution >= 4 is 46.6 Å². The van der Waals surface area contributed by atoms with Crippen molar-refractivity contribution in [3.8, 4) is 6.07 Å². The summed E-state index contributed by atoms with van der Waals surface area (Å²) < 4.78 is 13.6. The van der Waals surface area contributed by atoms with Gasteiger partial charge >= 0.3 is 0 Å². The molecule has 1 N–H and O–H groups in total. The fourth-order valence-corrected chi connectivity index (χ4v) is 5.00. The Morgan fingerprint density at radius 3 is 2.44 bits per heavy atom. The van der Waals surface area contributed by atoms with Gasteiger partial charge < -0.3 is 5.32 Å². The highest BCUT2D eigenvalue weighted by molar-refractivity contribution is 8.05. The van der Waals surface area contributed by atoms with Gasteiger partial charge in [-0.3, -0.25) is 14.5 Å². The van der Waals surface area contributed by atoms with Crippen LogP contribution in [0.2, 0.25) is 5.02 Å². The number of hydrogen-bond acceptors (Lipinski definition) is 4. The number of nitrogens with zero attached hydrogens (tertiary/aromatic N) is 2. The van der Waals surface area contributed by atoms with Gasteiger partial charge in [-0.25, -0.2) is 4.39 Å². The zero-order chi connectivity index (χ0) is 24.2. The minimum atomic E-state index is -0.649. The zero-order valence-corrected chi connectivity index (χ0v) is 19.7. The number of carbonyl (C=O) groups is 2. The first-order valence-corrected chi connectivity index (χ1v) is 11.6. The third-order valence-corrected chi connectivity index (χ3v) is 6.87. The molecule has 34 heavy (non-hydrogen) atoms. The molecule has 5 nitrogen and oxygen atoms in total. The SMILES string of the molecule is Cc1ccccc1CC1S/C(=C(/C#N)C(=O)Nc2ccc(Cl)cc2)N(c2ccc(F)cc2)C1=O. The number of benzene rings is 3. The van der Waals surface area contributed by atoms with Crippen molar-refractivity contribution < 1.29 is 14.0 Å². The van der Waals surface area contributed by atoms with Crippen LogP contribution in [0, 0.1) is 24.1 Å². The third-order valence-electron chi connectivity index (χ3n) is 5.36. The molecule has 1 fully saturated rings. The normalized spacial score (nSPS) is 16.8. The van der Waals surface area contributed by atoms with E-state index < -0.39 is 17.0 Å². The average Bonchev–Trinajstić information content (AvgIpc) is 3.13. The molecule has 2 amide bonds. The van der Waals surface area contributed by atoms with Crippen molar-refractivity contribution in [3.05, 3.63) is 105 Å². The Morgan fingerprint density at radius 1 is 1.12 bits per heavy atom. The Hall–Kier alpha value is -3.60. The van der Waals surface area contributed by atoms with Crippen LogP contribution in [-0.4, -0.2) is 17.1 Å². The summed E-state index contributed by atoms with van der Waals surface area (Å²) in [5, 5.41) is 12.7. The van der Waals surface area contributed by atoms with E-state index in [0.29, 0.717) is 22.8 Å². The van der Waals surface area contributed by atoms with Crippen LogP contribution >= 0.6 is 23.4 Å². The van der Waals surface area contributed by atoms with E-state index >= 15 is 0 Å². The van der Waals surface area contributed by atoms with Crippen molar-refractivity contribution in [1.82, 2.24) is 0 Å². The number of anilines is 2. The predicted octanol–water partition coefficient (Wildman–Crippen LogP) is 5.85. The summed E-state index contributed by atoms with van der Waals surface area (Å²) in [7, 11) is 0. The number of nitriles is 1. The smallest absolute Gasteiger partial charge is 0.269 e. The summed E-state index contributed by atoms with van der Waals surface area (Å²) in [5.41, 5.74) is 2.68. The molecule has 0 aliphatic carbocycles. The number of nitrogens with one attached hydrogen (secondary N) is 1. The van der Waals surface area contributed by atoms with E-state index in [2.05, 4.69) is 5.32 Å². The Kier molecular flexibility index (Phi) is 7.01. The van der Waals surface area contributed by atoms with E-state index in [-0.39, 0.29) is 16.5 Å². The lowest BCUT2D eigenvalue weighted by molar-refractivity contribution is -0.117. The lowest BCUT2D eigenvalue weighted by Gasteiger charge is -2.18. The highest BCUT2D eigenvalue weighted by atomic mass is 35.5. The molecule has 1 aliphatic heterocycles. The molecule has 4 rings (SSSR count). The minimum absolute atomic E-state index is 0.204. The summed E-state index contributed by atoms with van der Waals surface area (Å²) in [6, 6.07) is 21.5. The maximum Gasteiger partial charge on any atom is 0.269 e. The second kappa shape index (κ2) is 10.1. The molecule has 1 heterocycles. The van der Waals surface area contributed by atoms with Crippen LogP contribution in [0.15, 0.2) is 83.4 Å². The molecule has 3 aromatic carbocycles. The average molecular weight is 492 g/mol. The number of aryl methyl sites for hydroxylation is 1. The van der Waals surface area contributed by atoms with Crippen LogP contribution in [0.1, 0.15) is 11.1 Å². The fraction of sp³-hybridized carbons (Fsp3) is 0.115. The molecule has 1 unspecified atom stereocenters. The molecule has 170 valence electrons. The fourth-order valence-electron chi connectivity index (χ4n) is 3.58. The first-order valence-electron chi connectivity index (χ1n) is 10.4. The van der Waals surface area contributed by atoms with Crippen LogP contribution < -0.4 is 10.2 Å². The molecule has 1 aliphatic rings. The Labute approximate surface area is 205 Å². The van der Waals surface area contributed by atoms with Crippen LogP contribution in [0.5, 0.6) is 0 Å². The van der Waals surface area contributed by atoms with E-state index in [0.717, 1.165) is 22.9 Å². The predicted molar refractivity (Wildman–Crippen MR) is 133 cm³/mol. The quantitative estimate of drug-likeness (QED) is 0.359. The monoisotopic (exact) mass is 491 g/mol. The lowest BCUT2D eigenvalue weighted by Crippen LogP contribution is -2.31. The molecule has 0 aromatic heterocycles. The summed E-state index contributed by atoms with van der Waals surface area (Å²) in [6.45, 7) is 1.97. The number of thioether (sulfide) groups is 1. The number of amides is 2. The number of hydrogen-bond donors (Lipinski definition) is 1. The van der Waals surface area contributed by atoms with E-state index in [1.165, 1.54) is 29.2 Å². The maximum absolute atomic E-state index is 13.6. The molecule has 0 radical (unpaired) electrons. The van der Waals surface area contributed by atoms with Crippen molar-refractivity contribution in [2.45, 2.75) is 18.6 Å². The summed E-state index contributed by atoms with van der Waals surface area (Å²) in [4.78, 5) is 27.8. The maximum atomic E-state index is 13.6. The Morgan fingerprint density at radius 2 is 1.79 bits per heavy atom. The molecule has 3 aromatic rings. The number of carbonyl (C=O) groups excluding carboxylic acids is 2. The Balaban J connectivity index is 1.73. The van der Waals surface area contributed by atoms with Gasteiger partial charge in [0.25, 0.3) is 5.91 Å². The second-order valence-corrected chi connectivity index (χ2v) is 9.27. The summed E-state index contributed by atoms with van der Waals surface area (Å²) in [6.07, 6.45) is 0.425. The van der Waals surface area contributed by atoms with Gasteiger partial charge in [0.15, 0.2) is 0 Å². The molecule has 0 spiro atoms. The molecular formula is C26H19ClFN3O2S. The van der Waals surface area contributed by atoms with Crippen LogP contribution in [0.4, 0.5) is 15.8 Å². The van der Waals surface area contributed by atoms with Gasteiger partial charge in [-0.2, -0.15) is 5.26 Å². The van der Waals surface area contributed by atoms with Gasteiger partial charge in [0, 0.05) is 16.4 Å². The van der Waals surface area contributed by atoms with E-state index in [9.17, 15) is 19.2 Å². The largest absolute Gasteiger partial charge is 0.321 e. The van der Waals surface area contributed by atoms with Gasteiger partial charge in [-0.1, -0.05) is 47.6 Å². The van der Waals surface area contributed by atoms with Gasteiger partial charge in [-0.05, 0) is 73.0 Å². The van der Waals surface area contributed by atoms with Gasteiger partial charge in [-0.15, -0.1) is 0 Å². The first kappa shape index (κ1) is 23.6. The molecule has 0 bridgehead atoms. The topological polar surface area (TPSA) is 73.2 Å². The number of rotatable bonds is 5. The highest BCUT2D eigenvalue weighted by Crippen LogP contribution is 2.42. The van der Waals surface area contributed by atoms with E-state index in [1.54, 1.807) is 24.3 Å². The molecular weight excluding hydrogens is 473 g/mol. The van der Waals surface area contributed by atoms with E-state index in [4.69, 9.17) is 11.6 Å². The molecule has 1 atom stereocenters. The molecule has 1 saturated heterocycles. The molecule has 8 heteroatoms. The Bertz CT molecular complexity index is 1320. The standard InChI is InChI=1S/C26H19ClFN3O2S/c1-16-4-2-3-5-17(16)14-23-25(33)31(21-12-8-19(28)9-13-21)26(34-23)22(15-29)24(32)30-20-10-6-18(27)7-11-20/h2-13,23H,14H2,1H3,(H,30,32)/b26-22-. The van der Waals surface area contributed by atoms with Crippen molar-refractivity contribution in [2.24, 2.45) is 0 Å². The van der Waals surface area contributed by atoms with Crippen LogP contribution in [0.25, 0.3) is 0 Å². The van der Waals surface area contributed by atoms with Gasteiger partial charge in [0.05, 0.1) is 5.25 Å². The minimum Gasteiger partial charge on any atom is -0.321 e. The van der Waals surface area contributed by atoms with Crippen molar-refractivity contribution in [1.29, 1.82) is 5.26 Å². The second-order valence-electron chi connectivity index (χ2n) is 7.64. The summed E-state index contributed by atoms with van der Waals surface area (Å²) in [5.74, 6) is -1.38. The highest BCUT2D eigenvalue weighted by Gasteiger charge is 2.41. The third kappa shape index (κ3) is 4.98. The molecule has 0 saturated carbocycles. The van der Waals surface area contributed by atoms with Crippen LogP contribution in [-0.2, 0) is 16.0 Å². The van der Waals surface area contributed by atoms with Crippen molar-refractivity contribution in [3.63, 3.8) is 0 Å². The van der Waals surface area contributed by atoms with E-state index in [1.807, 2.05) is 37.3 Å². The van der Waals surface area contributed by atoms with Gasteiger partial charge in [0.1, 0.15) is 22.5 Å². The van der Waals surface area contributed by atoms with Crippen molar-refractivity contribution in [2.75, 3.05) is 10.2 Å². The van der Waals surface area contributed by atoms with Gasteiger partial charge in [0.2, 0.25) is 5.91 Å². The first-order chi connectivity index (χ1) is 16.4. The number of halogens is 2.